The van der Waals surface area contributed by atoms with Crippen LogP contribution in [0.1, 0.15) is 41.6 Å². The standard InChI is InChI=1S/C30H33ClN6O3/c1-35-17-29(18-35)11-13-37(14-12-29)19-7-8-22(24(15-19)39-3)33-28-32-16-21(31)26(34-28)40-23-6-4-5-20-25(23)27(38)36(2)30(20)9-10-30/h4-8,15-16H,9-14,17-18H2,1-3H3,(H,32,33,34). The first-order valence-corrected chi connectivity index (χ1v) is 14.2. The second-order valence-electron chi connectivity index (χ2n) is 11.7. The lowest BCUT2D eigenvalue weighted by molar-refractivity contribution is 0.00131. The molecule has 0 unspecified atom stereocenters. The van der Waals surface area contributed by atoms with Crippen molar-refractivity contribution in [2.75, 3.05) is 57.6 Å². The lowest BCUT2D eigenvalue weighted by Gasteiger charge is -2.53. The minimum Gasteiger partial charge on any atom is -0.494 e. The number of methoxy groups -OCH3 is 1. The Labute approximate surface area is 239 Å². The Morgan fingerprint density at radius 3 is 2.50 bits per heavy atom. The third kappa shape index (κ3) is 4.06. The first-order chi connectivity index (χ1) is 19.3. The first-order valence-electron chi connectivity index (χ1n) is 13.8. The van der Waals surface area contributed by atoms with Crippen LogP contribution in [-0.2, 0) is 5.54 Å². The average Bonchev–Trinajstić information content (AvgIpc) is 3.72. The number of nitrogens with zero attached hydrogens (tertiary/aromatic N) is 5. The predicted octanol–water partition coefficient (Wildman–Crippen LogP) is 5.28. The van der Waals surface area contributed by atoms with E-state index in [-0.39, 0.29) is 22.3 Å². The molecule has 0 radical (unpaired) electrons. The summed E-state index contributed by atoms with van der Waals surface area (Å²) in [5.41, 5.74) is 3.78. The van der Waals surface area contributed by atoms with Gasteiger partial charge >= 0.3 is 0 Å². The number of rotatable bonds is 6. The van der Waals surface area contributed by atoms with Crippen LogP contribution in [0.5, 0.6) is 17.4 Å². The number of ether oxygens (including phenoxy) is 2. The van der Waals surface area contributed by atoms with Gasteiger partial charge in [0.15, 0.2) is 0 Å². The van der Waals surface area contributed by atoms with Gasteiger partial charge in [0.05, 0.1) is 30.1 Å². The van der Waals surface area contributed by atoms with E-state index in [1.54, 1.807) is 13.2 Å². The Morgan fingerprint density at radius 1 is 1.02 bits per heavy atom. The molecule has 208 valence electrons. The summed E-state index contributed by atoms with van der Waals surface area (Å²) >= 11 is 6.44. The molecule has 2 saturated heterocycles. The maximum absolute atomic E-state index is 13.1. The minimum absolute atomic E-state index is 0.0413. The zero-order valence-electron chi connectivity index (χ0n) is 23.0. The highest BCUT2D eigenvalue weighted by atomic mass is 35.5. The molecule has 2 spiro atoms. The molecule has 0 atom stereocenters. The van der Waals surface area contributed by atoms with E-state index in [2.05, 4.69) is 44.3 Å². The maximum atomic E-state index is 13.1. The molecule has 7 rings (SSSR count). The molecule has 1 N–H and O–H groups in total. The summed E-state index contributed by atoms with van der Waals surface area (Å²) in [6.07, 6.45) is 5.85. The van der Waals surface area contributed by atoms with Crippen molar-refractivity contribution in [2.45, 2.75) is 31.2 Å². The molecule has 10 heteroatoms. The highest BCUT2D eigenvalue weighted by molar-refractivity contribution is 6.31. The number of carbonyl (C=O) groups is 1. The van der Waals surface area contributed by atoms with E-state index in [4.69, 9.17) is 21.1 Å². The SMILES string of the molecule is COc1cc(N2CCC3(CC2)CN(C)C3)ccc1Nc1ncc(Cl)c(Oc2cccc3c2C(=O)N(C)C32CC2)n1. The topological polar surface area (TPSA) is 83.1 Å². The van der Waals surface area contributed by atoms with Crippen molar-refractivity contribution in [1.29, 1.82) is 0 Å². The molecular weight excluding hydrogens is 528 g/mol. The van der Waals surface area contributed by atoms with Gasteiger partial charge in [0.1, 0.15) is 16.5 Å². The van der Waals surface area contributed by atoms with Crippen LogP contribution in [0.2, 0.25) is 5.02 Å². The van der Waals surface area contributed by atoms with Crippen LogP contribution >= 0.6 is 11.6 Å². The van der Waals surface area contributed by atoms with Gasteiger partial charge in [0.25, 0.3) is 5.91 Å². The average molecular weight is 561 g/mol. The van der Waals surface area contributed by atoms with Gasteiger partial charge in [-0.05, 0) is 61.9 Å². The van der Waals surface area contributed by atoms with Crippen LogP contribution in [0.4, 0.5) is 17.3 Å². The van der Waals surface area contributed by atoms with Crippen LogP contribution in [0.3, 0.4) is 0 Å². The number of piperidine rings is 1. The van der Waals surface area contributed by atoms with E-state index in [0.717, 1.165) is 42.9 Å². The van der Waals surface area contributed by atoms with E-state index in [1.165, 1.54) is 32.1 Å². The summed E-state index contributed by atoms with van der Waals surface area (Å²) in [5, 5.41) is 3.50. The van der Waals surface area contributed by atoms with E-state index < -0.39 is 0 Å². The van der Waals surface area contributed by atoms with Gasteiger partial charge in [-0.2, -0.15) is 4.98 Å². The van der Waals surface area contributed by atoms with Gasteiger partial charge in [-0.25, -0.2) is 4.98 Å². The Morgan fingerprint density at radius 2 is 1.80 bits per heavy atom. The van der Waals surface area contributed by atoms with Crippen molar-refractivity contribution < 1.29 is 14.3 Å². The number of carbonyl (C=O) groups excluding carboxylic acids is 1. The molecular formula is C30H33ClN6O3. The maximum Gasteiger partial charge on any atom is 0.258 e. The Kier molecular flexibility index (Phi) is 5.87. The highest BCUT2D eigenvalue weighted by Crippen LogP contribution is 2.57. The molecule has 3 fully saturated rings. The minimum atomic E-state index is -0.194. The summed E-state index contributed by atoms with van der Waals surface area (Å²) in [6.45, 7) is 4.52. The zero-order valence-corrected chi connectivity index (χ0v) is 23.8. The second-order valence-corrected chi connectivity index (χ2v) is 12.1. The van der Waals surface area contributed by atoms with E-state index in [1.807, 2.05) is 30.1 Å². The molecule has 3 aromatic rings. The molecule has 1 amide bonds. The van der Waals surface area contributed by atoms with Crippen LogP contribution < -0.4 is 19.7 Å². The highest BCUT2D eigenvalue weighted by Gasteiger charge is 2.57. The lowest BCUT2D eigenvalue weighted by Crippen LogP contribution is -2.58. The van der Waals surface area contributed by atoms with Gasteiger partial charge < -0.3 is 29.5 Å². The summed E-state index contributed by atoms with van der Waals surface area (Å²) in [7, 11) is 5.71. The smallest absolute Gasteiger partial charge is 0.258 e. The molecule has 0 bridgehead atoms. The van der Waals surface area contributed by atoms with Crippen LogP contribution in [0.15, 0.2) is 42.6 Å². The van der Waals surface area contributed by atoms with Crippen LogP contribution in [0.25, 0.3) is 0 Å². The molecule has 1 saturated carbocycles. The number of fused-ring (bicyclic) bond motifs is 2. The fraction of sp³-hybridized carbons (Fsp3) is 0.433. The first kappa shape index (κ1) is 25.4. The number of amides is 1. The number of halogens is 1. The summed E-state index contributed by atoms with van der Waals surface area (Å²) in [6, 6.07) is 11.9. The fourth-order valence-electron chi connectivity index (χ4n) is 6.83. The van der Waals surface area contributed by atoms with Crippen LogP contribution in [-0.4, -0.2) is 73.1 Å². The normalized spacial score (nSPS) is 20.4. The van der Waals surface area contributed by atoms with Gasteiger partial charge in [-0.3, -0.25) is 4.79 Å². The summed E-state index contributed by atoms with van der Waals surface area (Å²) in [5.74, 6) is 1.60. The molecule has 4 heterocycles. The lowest BCUT2D eigenvalue weighted by atomic mass is 9.72. The number of likely N-dealkylation sites (tertiary alicyclic amines) is 1. The molecule has 40 heavy (non-hydrogen) atoms. The number of hydrogen-bond acceptors (Lipinski definition) is 8. The molecule has 1 aromatic heterocycles. The number of anilines is 3. The largest absolute Gasteiger partial charge is 0.494 e. The molecule has 9 nitrogen and oxygen atoms in total. The van der Waals surface area contributed by atoms with Crippen molar-refractivity contribution in [3.8, 4) is 17.4 Å². The van der Waals surface area contributed by atoms with Crippen LogP contribution in [0, 0.1) is 5.41 Å². The fourth-order valence-corrected chi connectivity index (χ4v) is 6.96. The predicted molar refractivity (Wildman–Crippen MR) is 154 cm³/mol. The van der Waals surface area contributed by atoms with Gasteiger partial charge in [0.2, 0.25) is 11.8 Å². The zero-order chi connectivity index (χ0) is 27.6. The number of nitrogens with one attached hydrogen (secondary N) is 1. The second kappa shape index (κ2) is 9.24. The summed E-state index contributed by atoms with van der Waals surface area (Å²) in [4.78, 5) is 28.6. The molecule has 4 aliphatic rings. The number of benzene rings is 2. The van der Waals surface area contributed by atoms with E-state index in [0.29, 0.717) is 28.4 Å². The number of aromatic nitrogens is 2. The Bertz CT molecular complexity index is 1490. The van der Waals surface area contributed by atoms with Crippen molar-refractivity contribution in [1.82, 2.24) is 19.8 Å². The van der Waals surface area contributed by atoms with Gasteiger partial charge in [0, 0.05) is 45.0 Å². The number of hydrogen-bond donors (Lipinski definition) is 1. The van der Waals surface area contributed by atoms with Gasteiger partial charge in [-0.1, -0.05) is 23.7 Å². The quantitative estimate of drug-likeness (QED) is 0.436. The molecule has 3 aliphatic heterocycles. The van der Waals surface area contributed by atoms with E-state index >= 15 is 0 Å². The van der Waals surface area contributed by atoms with Crippen molar-refractivity contribution in [3.63, 3.8) is 0 Å². The molecule has 1 aliphatic carbocycles. The van der Waals surface area contributed by atoms with Gasteiger partial charge in [-0.15, -0.1) is 0 Å². The van der Waals surface area contributed by atoms with Crippen molar-refractivity contribution in [3.05, 3.63) is 58.7 Å². The van der Waals surface area contributed by atoms with E-state index in [9.17, 15) is 4.79 Å². The molecule has 2 aromatic carbocycles. The van der Waals surface area contributed by atoms with Crippen molar-refractivity contribution in [2.24, 2.45) is 5.41 Å². The summed E-state index contributed by atoms with van der Waals surface area (Å²) < 4.78 is 11.9. The van der Waals surface area contributed by atoms with Crippen molar-refractivity contribution >= 4 is 34.8 Å². The monoisotopic (exact) mass is 560 g/mol. The Balaban J connectivity index is 1.10. The third-order valence-corrected chi connectivity index (χ3v) is 9.42. The Hall–Kier alpha value is -3.56. The third-order valence-electron chi connectivity index (χ3n) is 9.16.